The van der Waals surface area contributed by atoms with Crippen LogP contribution >= 0.6 is 0 Å². The summed E-state index contributed by atoms with van der Waals surface area (Å²) in [7, 11) is 0. The molecule has 0 radical (unpaired) electrons. The standard InChI is InChI=1S/C28H58N4O/c1-9-21-23(11-3,12-4)25(15-7,17-19-27(21,29)30)33-26(16-8)18-20-28(31,32)22(10-2)24(26,13-5)14-6/h21-22H,9-20,29-32H2,1-8H3. The number of hydrogen-bond acceptors (Lipinski definition) is 5. The van der Waals surface area contributed by atoms with Crippen molar-refractivity contribution in [1.82, 2.24) is 0 Å². The summed E-state index contributed by atoms with van der Waals surface area (Å²) in [6.45, 7) is 18.5. The SMILES string of the molecule is CCC1C(N)(N)CCC(CC)(OC2(CC)CCC(N)(N)C(CC)C2(CC)CC)C1(CC)CC. The minimum Gasteiger partial charge on any atom is -0.367 e. The third kappa shape index (κ3) is 4.02. The lowest BCUT2D eigenvalue weighted by atomic mass is 9.48. The molecule has 8 N–H and O–H groups in total. The summed E-state index contributed by atoms with van der Waals surface area (Å²) in [5, 5.41) is 0. The highest BCUT2D eigenvalue weighted by Crippen LogP contribution is 2.65. The third-order valence-corrected chi connectivity index (χ3v) is 11.2. The molecular weight excluding hydrogens is 408 g/mol. The molecule has 2 saturated carbocycles. The van der Waals surface area contributed by atoms with Crippen molar-refractivity contribution in [3.8, 4) is 0 Å². The van der Waals surface area contributed by atoms with E-state index >= 15 is 0 Å². The van der Waals surface area contributed by atoms with Crippen LogP contribution in [0.5, 0.6) is 0 Å². The molecule has 196 valence electrons. The van der Waals surface area contributed by atoms with Crippen molar-refractivity contribution in [2.45, 2.75) is 155 Å². The number of hydrogen-bond donors (Lipinski definition) is 4. The highest BCUT2D eigenvalue weighted by Gasteiger charge is 2.67. The number of ether oxygens (including phenoxy) is 1. The Bertz CT molecular complexity index is 586. The second-order valence-electron chi connectivity index (χ2n) is 11.7. The normalized spacial score (nSPS) is 37.1. The quantitative estimate of drug-likeness (QED) is 0.305. The average Bonchev–Trinajstić information content (AvgIpc) is 2.80. The first kappa shape index (κ1) is 29.0. The molecule has 4 atom stereocenters. The Kier molecular flexibility index (Phi) is 8.84. The van der Waals surface area contributed by atoms with E-state index in [-0.39, 0.29) is 33.9 Å². The Labute approximate surface area is 205 Å². The summed E-state index contributed by atoms with van der Waals surface area (Å²) in [5.74, 6) is 0.461. The lowest BCUT2D eigenvalue weighted by molar-refractivity contribution is -0.312. The second-order valence-corrected chi connectivity index (χ2v) is 11.7. The van der Waals surface area contributed by atoms with E-state index in [0.717, 1.165) is 77.0 Å². The van der Waals surface area contributed by atoms with Gasteiger partial charge in [-0.3, -0.25) is 0 Å². The fourth-order valence-electron chi connectivity index (χ4n) is 9.54. The molecule has 0 bridgehead atoms. The first-order valence-corrected chi connectivity index (χ1v) is 14.2. The van der Waals surface area contributed by atoms with Crippen LogP contribution < -0.4 is 22.9 Å². The van der Waals surface area contributed by atoms with Crippen LogP contribution in [0.1, 0.15) is 132 Å². The smallest absolute Gasteiger partial charge is 0.0748 e. The largest absolute Gasteiger partial charge is 0.367 e. The van der Waals surface area contributed by atoms with Gasteiger partial charge < -0.3 is 27.7 Å². The summed E-state index contributed by atoms with van der Waals surface area (Å²) in [6.07, 6.45) is 11.5. The summed E-state index contributed by atoms with van der Waals surface area (Å²) in [5.41, 5.74) is 25.4. The van der Waals surface area contributed by atoms with Crippen LogP contribution in [0.25, 0.3) is 0 Å². The molecule has 5 heteroatoms. The van der Waals surface area contributed by atoms with Gasteiger partial charge in [-0.15, -0.1) is 0 Å². The Hall–Kier alpha value is -0.200. The fourth-order valence-corrected chi connectivity index (χ4v) is 9.54. The predicted octanol–water partition coefficient (Wildman–Crippen LogP) is 5.78. The van der Waals surface area contributed by atoms with Crippen molar-refractivity contribution in [2.75, 3.05) is 0 Å². The van der Waals surface area contributed by atoms with Crippen LogP contribution in [0.2, 0.25) is 0 Å². The van der Waals surface area contributed by atoms with Crippen molar-refractivity contribution in [3.63, 3.8) is 0 Å². The van der Waals surface area contributed by atoms with E-state index in [9.17, 15) is 0 Å². The maximum absolute atomic E-state index is 7.83. The van der Waals surface area contributed by atoms with E-state index in [1.54, 1.807) is 0 Å². The number of nitrogens with two attached hydrogens (primary N) is 4. The minimum atomic E-state index is -0.642. The molecule has 4 unspecified atom stereocenters. The molecule has 0 aliphatic heterocycles. The average molecular weight is 467 g/mol. The molecule has 2 aliphatic rings. The van der Waals surface area contributed by atoms with Gasteiger partial charge in [-0.05, 0) is 88.9 Å². The number of rotatable bonds is 10. The molecule has 0 amide bonds. The molecule has 0 aromatic rings. The van der Waals surface area contributed by atoms with Crippen LogP contribution in [0.4, 0.5) is 0 Å². The Balaban J connectivity index is 2.75. The zero-order valence-electron chi connectivity index (χ0n) is 23.4. The molecule has 2 aliphatic carbocycles. The molecule has 0 spiro atoms. The Morgan fingerprint density at radius 2 is 0.818 bits per heavy atom. The summed E-state index contributed by atoms with van der Waals surface area (Å²) in [6, 6.07) is 0. The van der Waals surface area contributed by atoms with E-state index in [2.05, 4.69) is 55.4 Å². The first-order chi connectivity index (χ1) is 15.4. The Morgan fingerprint density at radius 3 is 1.03 bits per heavy atom. The van der Waals surface area contributed by atoms with E-state index < -0.39 is 11.3 Å². The topological polar surface area (TPSA) is 113 Å². The second kappa shape index (κ2) is 10.0. The summed E-state index contributed by atoms with van der Waals surface area (Å²) in [4.78, 5) is 0. The van der Waals surface area contributed by atoms with E-state index in [1.165, 1.54) is 0 Å². The molecule has 5 nitrogen and oxygen atoms in total. The highest BCUT2D eigenvalue weighted by atomic mass is 16.5. The maximum Gasteiger partial charge on any atom is 0.0748 e. The van der Waals surface area contributed by atoms with Crippen molar-refractivity contribution in [1.29, 1.82) is 0 Å². The Morgan fingerprint density at radius 1 is 0.515 bits per heavy atom. The molecule has 0 aromatic carbocycles. The third-order valence-electron chi connectivity index (χ3n) is 11.2. The molecule has 33 heavy (non-hydrogen) atoms. The van der Waals surface area contributed by atoms with Crippen molar-refractivity contribution in [2.24, 2.45) is 45.6 Å². The van der Waals surface area contributed by atoms with Crippen LogP contribution in [-0.4, -0.2) is 22.5 Å². The van der Waals surface area contributed by atoms with Gasteiger partial charge in [0.15, 0.2) is 0 Å². The minimum absolute atomic E-state index is 0.0463. The molecule has 0 aromatic heterocycles. The van der Waals surface area contributed by atoms with Gasteiger partial charge in [0.05, 0.1) is 22.5 Å². The predicted molar refractivity (Wildman–Crippen MR) is 141 cm³/mol. The maximum atomic E-state index is 7.83. The van der Waals surface area contributed by atoms with Gasteiger partial charge in [-0.2, -0.15) is 0 Å². The van der Waals surface area contributed by atoms with Gasteiger partial charge in [0.25, 0.3) is 0 Å². The molecule has 0 saturated heterocycles. The molecular formula is C28H58N4O. The zero-order valence-corrected chi connectivity index (χ0v) is 23.4. The van der Waals surface area contributed by atoms with Crippen molar-refractivity contribution < 1.29 is 4.74 Å². The fraction of sp³-hybridized carbons (Fsp3) is 1.00. The van der Waals surface area contributed by atoms with E-state index in [1.807, 2.05) is 0 Å². The van der Waals surface area contributed by atoms with Crippen LogP contribution in [-0.2, 0) is 4.74 Å². The van der Waals surface area contributed by atoms with Crippen LogP contribution in [0.3, 0.4) is 0 Å². The van der Waals surface area contributed by atoms with E-state index in [4.69, 9.17) is 27.7 Å². The first-order valence-electron chi connectivity index (χ1n) is 14.2. The summed E-state index contributed by atoms with van der Waals surface area (Å²) < 4.78 is 7.83. The van der Waals surface area contributed by atoms with Gasteiger partial charge in [0.2, 0.25) is 0 Å². The monoisotopic (exact) mass is 466 g/mol. The highest BCUT2D eigenvalue weighted by molar-refractivity contribution is 5.17. The van der Waals surface area contributed by atoms with Gasteiger partial charge in [-0.1, -0.05) is 55.4 Å². The van der Waals surface area contributed by atoms with Gasteiger partial charge in [0, 0.05) is 10.8 Å². The van der Waals surface area contributed by atoms with E-state index in [0.29, 0.717) is 0 Å². The van der Waals surface area contributed by atoms with Gasteiger partial charge in [-0.25, -0.2) is 0 Å². The van der Waals surface area contributed by atoms with Crippen molar-refractivity contribution >= 4 is 0 Å². The lowest BCUT2D eigenvalue weighted by Crippen LogP contribution is -2.75. The van der Waals surface area contributed by atoms with Crippen LogP contribution in [0, 0.1) is 22.7 Å². The molecule has 2 rings (SSSR count). The molecule has 0 heterocycles. The lowest BCUT2D eigenvalue weighted by Gasteiger charge is -2.68. The summed E-state index contributed by atoms with van der Waals surface area (Å²) >= 11 is 0. The van der Waals surface area contributed by atoms with Crippen LogP contribution in [0.15, 0.2) is 0 Å². The zero-order chi connectivity index (χ0) is 25.3. The van der Waals surface area contributed by atoms with Crippen molar-refractivity contribution in [3.05, 3.63) is 0 Å². The van der Waals surface area contributed by atoms with Gasteiger partial charge >= 0.3 is 0 Å². The van der Waals surface area contributed by atoms with Gasteiger partial charge in [0.1, 0.15) is 0 Å². The molecule has 2 fully saturated rings.